The van der Waals surface area contributed by atoms with Gasteiger partial charge in [0.2, 0.25) is 0 Å². The first-order valence-electron chi connectivity index (χ1n) is 7.17. The third-order valence-corrected chi connectivity index (χ3v) is 4.13. The zero-order valence-electron chi connectivity index (χ0n) is 13.0. The Bertz CT molecular complexity index is 619. The van der Waals surface area contributed by atoms with Crippen LogP contribution in [0.2, 0.25) is 0 Å². The number of hydrogen-bond donors (Lipinski definition) is 0. The lowest BCUT2D eigenvalue weighted by Crippen LogP contribution is -2.23. The molecule has 3 heterocycles. The van der Waals surface area contributed by atoms with Gasteiger partial charge in [0, 0.05) is 53.0 Å². The maximum atomic E-state index is 5.65. The summed E-state index contributed by atoms with van der Waals surface area (Å²) in [6, 6.07) is 2.14. The number of likely N-dealkylation sites (tertiary alicyclic amines) is 1. The van der Waals surface area contributed by atoms with Crippen molar-refractivity contribution in [2.24, 2.45) is 14.1 Å². The quantitative estimate of drug-likeness (QED) is 0.819. The molecule has 0 aliphatic carbocycles. The summed E-state index contributed by atoms with van der Waals surface area (Å²) in [5.74, 6) is 0.276. The van der Waals surface area contributed by atoms with E-state index in [0.717, 1.165) is 31.0 Å². The minimum absolute atomic E-state index is 0.163. The minimum atomic E-state index is 0.163. The Hall–Kier alpha value is -1.73. The van der Waals surface area contributed by atoms with Gasteiger partial charge in [-0.25, -0.2) is 0 Å². The number of rotatable bonds is 4. The van der Waals surface area contributed by atoms with E-state index < -0.39 is 0 Å². The summed E-state index contributed by atoms with van der Waals surface area (Å²) in [6.07, 6.45) is 2.14. The van der Waals surface area contributed by atoms with Gasteiger partial charge < -0.3 is 4.74 Å². The number of nitrogens with zero attached hydrogens (tertiary/aromatic N) is 6. The second-order valence-electron chi connectivity index (χ2n) is 5.79. The molecule has 0 N–H and O–H groups in total. The van der Waals surface area contributed by atoms with Crippen LogP contribution in [0, 0.1) is 6.92 Å². The molecular formula is C14H22N6O. The molecule has 0 radical (unpaired) electrons. The average molecular weight is 290 g/mol. The minimum Gasteiger partial charge on any atom is -0.379 e. The first kappa shape index (κ1) is 14.2. The fraction of sp³-hybridized carbons (Fsp3) is 0.643. The van der Waals surface area contributed by atoms with Crippen LogP contribution in [0.5, 0.6) is 0 Å². The summed E-state index contributed by atoms with van der Waals surface area (Å²) in [4.78, 5) is 2.39. The van der Waals surface area contributed by atoms with Gasteiger partial charge in [0.15, 0.2) is 0 Å². The highest BCUT2D eigenvalue weighted by molar-refractivity contribution is 5.13. The molecule has 1 aliphatic rings. The Labute approximate surface area is 124 Å². The molecular weight excluding hydrogens is 268 g/mol. The monoisotopic (exact) mass is 290 g/mol. The van der Waals surface area contributed by atoms with Crippen molar-refractivity contribution in [2.75, 3.05) is 20.2 Å². The Balaban J connectivity index is 1.73. The van der Waals surface area contributed by atoms with E-state index in [9.17, 15) is 0 Å². The lowest BCUT2D eigenvalue weighted by atomic mass is 10.0. The standard InChI is InChI=1S/C14H22N6O/c1-10-5-11(19(3)16-10)6-20-7-12(14(9-20)21-4)13-8-18(2)17-15-13/h5,8,12,14H,6-7,9H2,1-4H3/t12-,14+/m0/s1. The van der Waals surface area contributed by atoms with Gasteiger partial charge in [-0.2, -0.15) is 5.10 Å². The second kappa shape index (κ2) is 5.57. The fourth-order valence-electron chi connectivity index (χ4n) is 3.08. The van der Waals surface area contributed by atoms with Gasteiger partial charge in [-0.1, -0.05) is 5.21 Å². The zero-order chi connectivity index (χ0) is 15.0. The molecule has 7 heteroatoms. The van der Waals surface area contributed by atoms with Gasteiger partial charge in [-0.05, 0) is 13.0 Å². The van der Waals surface area contributed by atoms with Crippen molar-refractivity contribution in [2.45, 2.75) is 25.5 Å². The normalized spacial score (nSPS) is 23.0. The summed E-state index contributed by atoms with van der Waals surface area (Å²) in [5, 5.41) is 12.7. The van der Waals surface area contributed by atoms with Gasteiger partial charge in [0.1, 0.15) is 0 Å². The lowest BCUT2D eigenvalue weighted by Gasteiger charge is -2.15. The molecule has 0 aromatic carbocycles. The maximum Gasteiger partial charge on any atom is 0.0897 e. The van der Waals surface area contributed by atoms with E-state index in [2.05, 4.69) is 26.4 Å². The third-order valence-electron chi connectivity index (χ3n) is 4.13. The highest BCUT2D eigenvalue weighted by Crippen LogP contribution is 2.29. The number of aryl methyl sites for hydroxylation is 3. The molecule has 114 valence electrons. The molecule has 0 amide bonds. The van der Waals surface area contributed by atoms with Crippen molar-refractivity contribution in [1.29, 1.82) is 0 Å². The van der Waals surface area contributed by atoms with Crippen LogP contribution in [0.15, 0.2) is 12.3 Å². The maximum absolute atomic E-state index is 5.65. The smallest absolute Gasteiger partial charge is 0.0897 e. The van der Waals surface area contributed by atoms with Gasteiger partial charge in [-0.15, -0.1) is 5.10 Å². The Morgan fingerprint density at radius 1 is 1.33 bits per heavy atom. The molecule has 3 rings (SSSR count). The van der Waals surface area contributed by atoms with Crippen molar-refractivity contribution in [3.8, 4) is 0 Å². The molecule has 0 bridgehead atoms. The lowest BCUT2D eigenvalue weighted by molar-refractivity contribution is 0.0955. The fourth-order valence-corrected chi connectivity index (χ4v) is 3.08. The summed E-state index contributed by atoms with van der Waals surface area (Å²) in [7, 11) is 5.65. The molecule has 21 heavy (non-hydrogen) atoms. The highest BCUT2D eigenvalue weighted by Gasteiger charge is 2.35. The van der Waals surface area contributed by atoms with Crippen LogP contribution in [0.3, 0.4) is 0 Å². The van der Waals surface area contributed by atoms with E-state index in [1.165, 1.54) is 5.69 Å². The topological polar surface area (TPSA) is 61.0 Å². The first-order chi connectivity index (χ1) is 10.1. The number of ether oxygens (including phenoxy) is 1. The van der Waals surface area contributed by atoms with Crippen LogP contribution in [0.1, 0.15) is 23.0 Å². The van der Waals surface area contributed by atoms with Crippen LogP contribution in [0.4, 0.5) is 0 Å². The molecule has 1 saturated heterocycles. The SMILES string of the molecule is CO[C@@H]1CN(Cc2cc(C)nn2C)C[C@H]1c1cn(C)nn1. The molecule has 2 aromatic rings. The highest BCUT2D eigenvalue weighted by atomic mass is 16.5. The van der Waals surface area contributed by atoms with Crippen molar-refractivity contribution in [1.82, 2.24) is 29.7 Å². The Morgan fingerprint density at radius 2 is 2.14 bits per heavy atom. The van der Waals surface area contributed by atoms with E-state index in [4.69, 9.17) is 4.74 Å². The summed E-state index contributed by atoms with van der Waals surface area (Å²) >= 11 is 0. The van der Waals surface area contributed by atoms with Crippen LogP contribution >= 0.6 is 0 Å². The van der Waals surface area contributed by atoms with E-state index in [1.54, 1.807) is 11.8 Å². The number of aromatic nitrogens is 5. The van der Waals surface area contributed by atoms with Crippen LogP contribution in [0.25, 0.3) is 0 Å². The first-order valence-corrected chi connectivity index (χ1v) is 7.17. The molecule has 7 nitrogen and oxygen atoms in total. The van der Waals surface area contributed by atoms with Crippen molar-refractivity contribution >= 4 is 0 Å². The molecule has 0 saturated carbocycles. The second-order valence-corrected chi connectivity index (χ2v) is 5.79. The van der Waals surface area contributed by atoms with E-state index in [-0.39, 0.29) is 12.0 Å². The molecule has 0 spiro atoms. The Morgan fingerprint density at radius 3 is 2.71 bits per heavy atom. The van der Waals surface area contributed by atoms with E-state index in [1.807, 2.05) is 31.9 Å². The van der Waals surface area contributed by atoms with E-state index >= 15 is 0 Å². The Kier molecular flexibility index (Phi) is 3.77. The van der Waals surface area contributed by atoms with Gasteiger partial charge in [0.25, 0.3) is 0 Å². The zero-order valence-corrected chi connectivity index (χ0v) is 13.0. The summed E-state index contributed by atoms with van der Waals surface area (Å²) < 4.78 is 9.35. The van der Waals surface area contributed by atoms with Crippen molar-refractivity contribution in [3.05, 3.63) is 29.3 Å². The molecule has 1 fully saturated rings. The van der Waals surface area contributed by atoms with Gasteiger partial charge >= 0.3 is 0 Å². The largest absolute Gasteiger partial charge is 0.379 e. The van der Waals surface area contributed by atoms with Crippen molar-refractivity contribution < 1.29 is 4.74 Å². The van der Waals surface area contributed by atoms with Gasteiger partial charge in [-0.3, -0.25) is 14.3 Å². The summed E-state index contributed by atoms with van der Waals surface area (Å²) in [6.45, 7) is 4.74. The molecule has 2 atom stereocenters. The van der Waals surface area contributed by atoms with Gasteiger partial charge in [0.05, 0.1) is 23.2 Å². The summed E-state index contributed by atoms with van der Waals surface area (Å²) in [5.41, 5.74) is 3.29. The third kappa shape index (κ3) is 2.84. The predicted molar refractivity (Wildman–Crippen MR) is 77.8 cm³/mol. The van der Waals surface area contributed by atoms with Crippen LogP contribution < -0.4 is 0 Å². The number of methoxy groups -OCH3 is 1. The molecule has 1 aliphatic heterocycles. The predicted octanol–water partition coefficient (Wildman–Crippen LogP) is 0.471. The van der Waals surface area contributed by atoms with Crippen LogP contribution in [-0.2, 0) is 25.4 Å². The molecule has 0 unspecified atom stereocenters. The number of hydrogen-bond acceptors (Lipinski definition) is 5. The van der Waals surface area contributed by atoms with Crippen molar-refractivity contribution in [3.63, 3.8) is 0 Å². The van der Waals surface area contributed by atoms with E-state index in [0.29, 0.717) is 0 Å². The van der Waals surface area contributed by atoms with Crippen LogP contribution in [-0.4, -0.2) is 56.0 Å². The average Bonchev–Trinajstić information content (AvgIpc) is 3.10. The molecule has 2 aromatic heterocycles.